The molecule has 0 aromatic heterocycles. The summed E-state index contributed by atoms with van der Waals surface area (Å²) in [7, 11) is 1.64. The number of guanidine groups is 1. The molecule has 31 heavy (non-hydrogen) atoms. The van der Waals surface area contributed by atoms with Gasteiger partial charge < -0.3 is 25.4 Å². The second-order valence-electron chi connectivity index (χ2n) is 7.93. The lowest BCUT2D eigenvalue weighted by Gasteiger charge is -2.23. The third-order valence-electron chi connectivity index (χ3n) is 4.56. The molecule has 0 aliphatic carbocycles. The molecule has 0 aliphatic heterocycles. The number of hydrogen-bond acceptors (Lipinski definition) is 4. The fraction of sp³-hybridized carbons (Fsp3) is 0.652. The largest absolute Gasteiger partial charge is 0.490 e. The van der Waals surface area contributed by atoms with E-state index in [0.717, 1.165) is 36.4 Å². The zero-order chi connectivity index (χ0) is 22.6. The molecule has 0 fully saturated rings. The van der Waals surface area contributed by atoms with Crippen LogP contribution in [0.2, 0.25) is 0 Å². The highest BCUT2D eigenvalue weighted by Crippen LogP contribution is 2.31. The molecule has 178 valence electrons. The van der Waals surface area contributed by atoms with E-state index < -0.39 is 5.41 Å². The first-order valence-corrected chi connectivity index (χ1v) is 11.0. The molecule has 8 heteroatoms. The molecule has 1 rings (SSSR count). The minimum absolute atomic E-state index is 0. The molecule has 0 bridgehead atoms. The third kappa shape index (κ3) is 9.97. The smallest absolute Gasteiger partial charge is 0.227 e. The summed E-state index contributed by atoms with van der Waals surface area (Å²) in [5, 5.41) is 9.37. The van der Waals surface area contributed by atoms with Gasteiger partial charge in [0.25, 0.3) is 0 Å². The van der Waals surface area contributed by atoms with E-state index in [2.05, 4.69) is 41.7 Å². The van der Waals surface area contributed by atoms with Crippen LogP contribution in [0.1, 0.15) is 66.0 Å². The van der Waals surface area contributed by atoms with Gasteiger partial charge in [0, 0.05) is 13.6 Å². The van der Waals surface area contributed by atoms with Gasteiger partial charge in [0.2, 0.25) is 5.91 Å². The monoisotopic (exact) mass is 548 g/mol. The molecule has 0 radical (unpaired) electrons. The average molecular weight is 549 g/mol. The third-order valence-corrected chi connectivity index (χ3v) is 4.56. The maximum atomic E-state index is 12.0. The SMILES string of the molecule is CCCOc1ccc(C(C)NC(=NCC(C)(C)C(=O)NC)NCC)cc1OCCC.I. The second-order valence-corrected chi connectivity index (χ2v) is 7.93. The van der Waals surface area contributed by atoms with Gasteiger partial charge in [0.1, 0.15) is 0 Å². The zero-order valence-electron chi connectivity index (χ0n) is 20.1. The van der Waals surface area contributed by atoms with E-state index in [9.17, 15) is 4.79 Å². The molecule has 0 spiro atoms. The Morgan fingerprint density at radius 1 is 1.10 bits per heavy atom. The van der Waals surface area contributed by atoms with Crippen LogP contribution in [0, 0.1) is 5.41 Å². The number of rotatable bonds is 12. The van der Waals surface area contributed by atoms with Gasteiger partial charge in [-0.2, -0.15) is 0 Å². The Morgan fingerprint density at radius 3 is 2.26 bits per heavy atom. The highest BCUT2D eigenvalue weighted by molar-refractivity contribution is 14.0. The zero-order valence-corrected chi connectivity index (χ0v) is 22.5. The van der Waals surface area contributed by atoms with E-state index in [0.29, 0.717) is 25.7 Å². The van der Waals surface area contributed by atoms with Gasteiger partial charge >= 0.3 is 0 Å². The minimum Gasteiger partial charge on any atom is -0.490 e. The van der Waals surface area contributed by atoms with Crippen LogP contribution in [0.5, 0.6) is 11.5 Å². The lowest BCUT2D eigenvalue weighted by Crippen LogP contribution is -2.41. The summed E-state index contributed by atoms with van der Waals surface area (Å²) in [5.74, 6) is 2.17. The lowest BCUT2D eigenvalue weighted by molar-refractivity contribution is -0.128. The number of nitrogens with zero attached hydrogens (tertiary/aromatic N) is 1. The molecular formula is C23H41IN4O3. The molecule has 7 nitrogen and oxygen atoms in total. The Labute approximate surface area is 205 Å². The van der Waals surface area contributed by atoms with Crippen molar-refractivity contribution in [1.82, 2.24) is 16.0 Å². The summed E-state index contributed by atoms with van der Waals surface area (Å²) < 4.78 is 11.7. The second kappa shape index (κ2) is 15.2. The minimum atomic E-state index is -0.584. The van der Waals surface area contributed by atoms with Crippen LogP contribution < -0.4 is 25.4 Å². The predicted octanol–water partition coefficient (Wildman–Crippen LogP) is 4.27. The number of halogens is 1. The summed E-state index contributed by atoms with van der Waals surface area (Å²) in [4.78, 5) is 16.7. The Bertz CT molecular complexity index is 695. The Hall–Kier alpha value is -1.71. The van der Waals surface area contributed by atoms with Crippen LogP contribution in [-0.4, -0.2) is 45.2 Å². The van der Waals surface area contributed by atoms with Crippen LogP contribution in [0.3, 0.4) is 0 Å². The van der Waals surface area contributed by atoms with Crippen molar-refractivity contribution < 1.29 is 14.3 Å². The van der Waals surface area contributed by atoms with Gasteiger partial charge in [-0.05, 0) is 58.2 Å². The average Bonchev–Trinajstić information content (AvgIpc) is 2.74. The van der Waals surface area contributed by atoms with Crippen LogP contribution in [0.4, 0.5) is 0 Å². The number of amides is 1. The maximum absolute atomic E-state index is 12.0. The molecule has 1 aromatic carbocycles. The number of ether oxygens (including phenoxy) is 2. The van der Waals surface area contributed by atoms with Gasteiger partial charge in [0.15, 0.2) is 17.5 Å². The first-order valence-electron chi connectivity index (χ1n) is 11.0. The predicted molar refractivity (Wildman–Crippen MR) is 139 cm³/mol. The lowest BCUT2D eigenvalue weighted by atomic mass is 9.93. The topological polar surface area (TPSA) is 84.0 Å². The van der Waals surface area contributed by atoms with Crippen LogP contribution >= 0.6 is 24.0 Å². The quantitative estimate of drug-likeness (QED) is 0.207. The van der Waals surface area contributed by atoms with E-state index in [1.165, 1.54) is 0 Å². The molecule has 1 unspecified atom stereocenters. The molecule has 1 atom stereocenters. The van der Waals surface area contributed by atoms with Crippen molar-refractivity contribution in [3.05, 3.63) is 23.8 Å². The fourth-order valence-electron chi connectivity index (χ4n) is 2.75. The molecule has 1 aromatic rings. The Kier molecular flexibility index (Phi) is 14.3. The number of carbonyl (C=O) groups is 1. The van der Waals surface area contributed by atoms with Crippen molar-refractivity contribution in [1.29, 1.82) is 0 Å². The van der Waals surface area contributed by atoms with Gasteiger partial charge in [-0.1, -0.05) is 19.9 Å². The molecule has 1 amide bonds. The van der Waals surface area contributed by atoms with E-state index in [1.54, 1.807) is 7.05 Å². The number of aliphatic imine (C=N–C) groups is 1. The van der Waals surface area contributed by atoms with Crippen molar-refractivity contribution in [2.75, 3.05) is 33.4 Å². The van der Waals surface area contributed by atoms with Crippen molar-refractivity contribution in [3.8, 4) is 11.5 Å². The maximum Gasteiger partial charge on any atom is 0.227 e. The van der Waals surface area contributed by atoms with Gasteiger partial charge in [-0.15, -0.1) is 24.0 Å². The fourth-order valence-corrected chi connectivity index (χ4v) is 2.75. The number of benzene rings is 1. The van der Waals surface area contributed by atoms with E-state index in [4.69, 9.17) is 9.47 Å². The first kappa shape index (κ1) is 29.3. The summed E-state index contributed by atoms with van der Waals surface area (Å²) >= 11 is 0. The Morgan fingerprint density at radius 2 is 1.71 bits per heavy atom. The van der Waals surface area contributed by atoms with E-state index in [-0.39, 0.29) is 35.9 Å². The van der Waals surface area contributed by atoms with Gasteiger partial charge in [0.05, 0.1) is 31.2 Å². The molecule has 3 N–H and O–H groups in total. The molecule has 0 saturated heterocycles. The Balaban J connectivity index is 0.00000900. The van der Waals surface area contributed by atoms with Crippen LogP contribution in [0.15, 0.2) is 23.2 Å². The van der Waals surface area contributed by atoms with Crippen molar-refractivity contribution in [2.24, 2.45) is 10.4 Å². The van der Waals surface area contributed by atoms with Gasteiger partial charge in [-0.25, -0.2) is 0 Å². The van der Waals surface area contributed by atoms with E-state index in [1.807, 2.05) is 39.0 Å². The normalized spacial score (nSPS) is 12.4. The van der Waals surface area contributed by atoms with Gasteiger partial charge in [-0.3, -0.25) is 9.79 Å². The van der Waals surface area contributed by atoms with E-state index >= 15 is 0 Å². The van der Waals surface area contributed by atoms with Crippen molar-refractivity contribution in [2.45, 2.75) is 60.4 Å². The summed E-state index contributed by atoms with van der Waals surface area (Å²) in [6.45, 7) is 14.4. The van der Waals surface area contributed by atoms with Crippen molar-refractivity contribution in [3.63, 3.8) is 0 Å². The molecule has 0 heterocycles. The summed E-state index contributed by atoms with van der Waals surface area (Å²) in [6.07, 6.45) is 1.88. The highest BCUT2D eigenvalue weighted by Gasteiger charge is 2.26. The number of nitrogens with one attached hydrogen (secondary N) is 3. The molecular weight excluding hydrogens is 507 g/mol. The first-order chi connectivity index (χ1) is 14.3. The molecule has 0 saturated carbocycles. The molecule has 0 aliphatic rings. The van der Waals surface area contributed by atoms with Crippen molar-refractivity contribution >= 4 is 35.8 Å². The summed E-state index contributed by atoms with van der Waals surface area (Å²) in [5.41, 5.74) is 0.487. The van der Waals surface area contributed by atoms with Crippen LogP contribution in [0.25, 0.3) is 0 Å². The standard InChI is InChI=1S/C23H40N4O3.HI/c1-8-13-29-19-12-11-18(15-20(19)30-14-9-2)17(4)27-22(25-10-3)26-16-23(5,6)21(28)24-7;/h11-12,15,17H,8-10,13-14,16H2,1-7H3,(H,24,28)(H2,25,26,27);1H. The highest BCUT2D eigenvalue weighted by atomic mass is 127. The number of carbonyl (C=O) groups excluding carboxylic acids is 1. The van der Waals surface area contributed by atoms with Crippen LogP contribution in [-0.2, 0) is 4.79 Å². The number of hydrogen-bond donors (Lipinski definition) is 3. The summed E-state index contributed by atoms with van der Waals surface area (Å²) in [6, 6.07) is 6.03.